The zero-order chi connectivity index (χ0) is 15.4. The Morgan fingerprint density at radius 1 is 1.62 bits per heavy atom. The Morgan fingerprint density at radius 2 is 2.38 bits per heavy atom. The lowest BCUT2D eigenvalue weighted by Gasteiger charge is -2.35. The molecule has 0 aliphatic carbocycles. The molecule has 1 aliphatic rings. The van der Waals surface area contributed by atoms with Gasteiger partial charge in [-0.2, -0.15) is 5.26 Å². The van der Waals surface area contributed by atoms with Crippen molar-refractivity contribution in [2.45, 2.75) is 25.9 Å². The van der Waals surface area contributed by atoms with E-state index in [4.69, 9.17) is 21.6 Å². The maximum absolute atomic E-state index is 12.3. The number of halogens is 1. The Morgan fingerprint density at radius 3 is 3.05 bits per heavy atom. The molecule has 1 aliphatic heterocycles. The molecule has 21 heavy (non-hydrogen) atoms. The van der Waals surface area contributed by atoms with Crippen molar-refractivity contribution in [1.29, 1.82) is 5.26 Å². The topological polar surface area (TPSA) is 78.2 Å². The number of carbonyl (C=O) groups excluding carboxylic acids is 1. The van der Waals surface area contributed by atoms with Crippen molar-refractivity contribution in [2.24, 2.45) is 0 Å². The van der Waals surface area contributed by atoms with E-state index in [1.54, 1.807) is 6.07 Å². The van der Waals surface area contributed by atoms with Crippen LogP contribution in [0.4, 0.5) is 5.82 Å². The van der Waals surface area contributed by atoms with Crippen LogP contribution in [-0.2, 0) is 9.53 Å². The number of amides is 1. The third-order valence-corrected chi connectivity index (χ3v) is 3.26. The number of nitriles is 1. The predicted octanol–water partition coefficient (Wildman–Crippen LogP) is 1.34. The van der Waals surface area contributed by atoms with Crippen LogP contribution in [0.2, 0.25) is 5.15 Å². The first kappa shape index (κ1) is 15.5. The van der Waals surface area contributed by atoms with Gasteiger partial charge in [-0.25, -0.2) is 4.98 Å². The number of morpholine rings is 1. The Bertz CT molecular complexity index is 571. The number of anilines is 1. The average molecular weight is 309 g/mol. The maximum atomic E-state index is 12.3. The molecular formula is C14H17ClN4O2. The van der Waals surface area contributed by atoms with E-state index < -0.39 is 6.04 Å². The maximum Gasteiger partial charge on any atom is 0.245 e. The molecule has 0 saturated carbocycles. The van der Waals surface area contributed by atoms with E-state index >= 15 is 0 Å². The van der Waals surface area contributed by atoms with Crippen molar-refractivity contribution < 1.29 is 9.53 Å². The molecule has 0 radical (unpaired) electrons. The number of nitrogens with zero attached hydrogens (tertiary/aromatic N) is 3. The van der Waals surface area contributed by atoms with Gasteiger partial charge in [0.1, 0.15) is 17.0 Å². The van der Waals surface area contributed by atoms with Gasteiger partial charge in [-0.3, -0.25) is 4.79 Å². The standard InChI is InChI=1S/C14H17ClN4O2/c1-9(2)17-14(20)11-8-21-4-3-19(11)13-6-10(7-16)5-12(15)18-13/h5-6,9,11H,3-4,8H2,1-2H3,(H,17,20). The second-order valence-corrected chi connectivity index (χ2v) is 5.48. The Labute approximate surface area is 128 Å². The average Bonchev–Trinajstić information content (AvgIpc) is 2.45. The van der Waals surface area contributed by atoms with Gasteiger partial charge in [-0.1, -0.05) is 11.6 Å². The third kappa shape index (κ3) is 3.84. The highest BCUT2D eigenvalue weighted by Gasteiger charge is 2.31. The second-order valence-electron chi connectivity index (χ2n) is 5.10. The van der Waals surface area contributed by atoms with Crippen molar-refractivity contribution in [3.8, 4) is 6.07 Å². The molecule has 1 saturated heterocycles. The predicted molar refractivity (Wildman–Crippen MR) is 79.2 cm³/mol. The monoisotopic (exact) mass is 308 g/mol. The third-order valence-electron chi connectivity index (χ3n) is 3.07. The van der Waals surface area contributed by atoms with Gasteiger partial charge in [0.25, 0.3) is 0 Å². The van der Waals surface area contributed by atoms with Crippen LogP contribution in [-0.4, -0.2) is 42.7 Å². The summed E-state index contributed by atoms with van der Waals surface area (Å²) < 4.78 is 5.40. The van der Waals surface area contributed by atoms with E-state index in [1.807, 2.05) is 24.8 Å². The summed E-state index contributed by atoms with van der Waals surface area (Å²) in [5, 5.41) is 12.1. The van der Waals surface area contributed by atoms with Gasteiger partial charge in [0, 0.05) is 12.6 Å². The summed E-state index contributed by atoms with van der Waals surface area (Å²) in [6.45, 7) is 5.11. The highest BCUT2D eigenvalue weighted by molar-refractivity contribution is 6.29. The largest absolute Gasteiger partial charge is 0.377 e. The van der Waals surface area contributed by atoms with Crippen molar-refractivity contribution in [2.75, 3.05) is 24.7 Å². The van der Waals surface area contributed by atoms with Gasteiger partial charge in [-0.15, -0.1) is 0 Å². The number of hydrogen-bond donors (Lipinski definition) is 1. The van der Waals surface area contributed by atoms with Crippen LogP contribution in [0, 0.1) is 11.3 Å². The molecule has 1 unspecified atom stereocenters. The van der Waals surface area contributed by atoms with Crippen molar-refractivity contribution in [3.63, 3.8) is 0 Å². The number of pyridine rings is 1. The van der Waals surface area contributed by atoms with Crippen LogP contribution in [0.15, 0.2) is 12.1 Å². The Balaban J connectivity index is 2.28. The quantitative estimate of drug-likeness (QED) is 0.853. The van der Waals surface area contributed by atoms with Crippen LogP contribution >= 0.6 is 11.6 Å². The number of nitrogens with one attached hydrogen (secondary N) is 1. The molecule has 112 valence electrons. The molecular weight excluding hydrogens is 292 g/mol. The first-order valence-corrected chi connectivity index (χ1v) is 7.11. The van der Waals surface area contributed by atoms with E-state index in [9.17, 15) is 4.79 Å². The summed E-state index contributed by atoms with van der Waals surface area (Å²) in [5.41, 5.74) is 0.416. The smallest absolute Gasteiger partial charge is 0.245 e. The lowest BCUT2D eigenvalue weighted by molar-refractivity contribution is -0.125. The van der Waals surface area contributed by atoms with E-state index in [2.05, 4.69) is 10.3 Å². The highest BCUT2D eigenvalue weighted by atomic mass is 35.5. The molecule has 2 heterocycles. The van der Waals surface area contributed by atoms with Crippen LogP contribution in [0.25, 0.3) is 0 Å². The fourth-order valence-corrected chi connectivity index (χ4v) is 2.37. The van der Waals surface area contributed by atoms with Crippen molar-refractivity contribution >= 4 is 23.3 Å². The first-order chi connectivity index (χ1) is 10.0. The van der Waals surface area contributed by atoms with E-state index in [1.165, 1.54) is 6.07 Å². The highest BCUT2D eigenvalue weighted by Crippen LogP contribution is 2.22. The molecule has 1 amide bonds. The Kier molecular flexibility index (Phi) is 4.99. The van der Waals surface area contributed by atoms with E-state index in [0.29, 0.717) is 24.5 Å². The summed E-state index contributed by atoms with van der Waals surface area (Å²) >= 11 is 5.94. The summed E-state index contributed by atoms with van der Waals surface area (Å²) in [5.74, 6) is 0.399. The lowest BCUT2D eigenvalue weighted by atomic mass is 10.2. The summed E-state index contributed by atoms with van der Waals surface area (Å²) in [6.07, 6.45) is 0. The molecule has 2 rings (SSSR count). The van der Waals surface area contributed by atoms with Crippen molar-refractivity contribution in [1.82, 2.24) is 10.3 Å². The second kappa shape index (κ2) is 6.74. The fourth-order valence-electron chi connectivity index (χ4n) is 2.17. The fraction of sp³-hybridized carbons (Fsp3) is 0.500. The van der Waals surface area contributed by atoms with E-state index in [-0.39, 0.29) is 23.7 Å². The molecule has 0 bridgehead atoms. The zero-order valence-corrected chi connectivity index (χ0v) is 12.7. The SMILES string of the molecule is CC(C)NC(=O)C1COCCN1c1cc(C#N)cc(Cl)n1. The van der Waals surface area contributed by atoms with Gasteiger partial charge < -0.3 is 15.0 Å². The van der Waals surface area contributed by atoms with Gasteiger partial charge in [-0.05, 0) is 26.0 Å². The number of aromatic nitrogens is 1. The number of hydrogen-bond acceptors (Lipinski definition) is 5. The molecule has 1 aromatic heterocycles. The molecule has 7 heteroatoms. The molecule has 0 spiro atoms. The molecule has 0 aromatic carbocycles. The minimum absolute atomic E-state index is 0.0447. The molecule has 1 atom stereocenters. The minimum Gasteiger partial charge on any atom is -0.377 e. The van der Waals surface area contributed by atoms with Crippen LogP contribution in [0.5, 0.6) is 0 Å². The molecule has 6 nitrogen and oxygen atoms in total. The van der Waals surface area contributed by atoms with E-state index in [0.717, 1.165) is 0 Å². The van der Waals surface area contributed by atoms with Gasteiger partial charge >= 0.3 is 0 Å². The lowest BCUT2D eigenvalue weighted by Crippen LogP contribution is -2.55. The summed E-state index contributed by atoms with van der Waals surface area (Å²) in [7, 11) is 0. The zero-order valence-electron chi connectivity index (χ0n) is 12.0. The molecule has 1 N–H and O–H groups in total. The van der Waals surface area contributed by atoms with Gasteiger partial charge in [0.05, 0.1) is 24.8 Å². The van der Waals surface area contributed by atoms with Crippen LogP contribution in [0.1, 0.15) is 19.4 Å². The normalized spacial score (nSPS) is 18.4. The minimum atomic E-state index is -0.473. The molecule has 1 fully saturated rings. The number of carbonyl (C=O) groups is 1. The van der Waals surface area contributed by atoms with Crippen LogP contribution < -0.4 is 10.2 Å². The Hall–Kier alpha value is -1.84. The van der Waals surface area contributed by atoms with Crippen molar-refractivity contribution in [3.05, 3.63) is 22.8 Å². The van der Waals surface area contributed by atoms with Crippen LogP contribution in [0.3, 0.4) is 0 Å². The molecule has 1 aromatic rings. The number of rotatable bonds is 3. The number of ether oxygens (including phenoxy) is 1. The van der Waals surface area contributed by atoms with Gasteiger partial charge in [0.15, 0.2) is 0 Å². The summed E-state index contributed by atoms with van der Waals surface area (Å²) in [6, 6.07) is 4.74. The first-order valence-electron chi connectivity index (χ1n) is 6.73. The van der Waals surface area contributed by atoms with Gasteiger partial charge in [0.2, 0.25) is 5.91 Å². The summed E-state index contributed by atoms with van der Waals surface area (Å²) in [4.78, 5) is 18.3.